The zero-order valence-corrected chi connectivity index (χ0v) is 19.3. The summed E-state index contributed by atoms with van der Waals surface area (Å²) in [5.74, 6) is 1.09. The van der Waals surface area contributed by atoms with Crippen molar-refractivity contribution < 1.29 is 4.79 Å². The van der Waals surface area contributed by atoms with Gasteiger partial charge in [0.25, 0.3) is 0 Å². The van der Waals surface area contributed by atoms with Gasteiger partial charge in [0, 0.05) is 43.2 Å². The minimum absolute atomic E-state index is 0. The van der Waals surface area contributed by atoms with E-state index in [4.69, 9.17) is 4.99 Å². The van der Waals surface area contributed by atoms with Crippen molar-refractivity contribution in [1.82, 2.24) is 10.2 Å². The lowest BCUT2D eigenvalue weighted by molar-refractivity contribution is -0.131. The molecule has 0 atom stereocenters. The molecule has 0 saturated carbocycles. The number of guanidine groups is 1. The molecule has 3 heterocycles. The number of thiophene rings is 1. The Morgan fingerprint density at radius 1 is 1.18 bits per heavy atom. The monoisotopic (exact) mass is 510 g/mol. The van der Waals surface area contributed by atoms with Gasteiger partial charge in [0.2, 0.25) is 5.91 Å². The van der Waals surface area contributed by atoms with Crippen LogP contribution in [0.15, 0.2) is 40.7 Å². The molecule has 7 heteroatoms. The highest BCUT2D eigenvalue weighted by Crippen LogP contribution is 2.27. The third-order valence-corrected chi connectivity index (χ3v) is 6.25. The molecule has 1 N–H and O–H groups in total. The topological polar surface area (TPSA) is 47.9 Å². The van der Waals surface area contributed by atoms with Crippen LogP contribution in [-0.4, -0.2) is 42.9 Å². The largest absolute Gasteiger partial charge is 0.356 e. The lowest BCUT2D eigenvalue weighted by Crippen LogP contribution is -2.41. The van der Waals surface area contributed by atoms with Crippen LogP contribution in [0.5, 0.6) is 0 Å². The van der Waals surface area contributed by atoms with E-state index in [9.17, 15) is 4.79 Å². The van der Waals surface area contributed by atoms with Gasteiger partial charge in [-0.1, -0.05) is 18.2 Å². The van der Waals surface area contributed by atoms with Crippen molar-refractivity contribution in [2.45, 2.75) is 32.7 Å². The number of aliphatic imine (C=N–C) groups is 1. The molecule has 0 saturated heterocycles. The molecule has 2 aliphatic rings. The van der Waals surface area contributed by atoms with Gasteiger partial charge in [0.1, 0.15) is 0 Å². The van der Waals surface area contributed by atoms with Crippen molar-refractivity contribution in [3.63, 3.8) is 0 Å². The fourth-order valence-electron chi connectivity index (χ4n) is 3.83. The zero-order chi connectivity index (χ0) is 18.6. The normalized spacial score (nSPS) is 15.7. The second-order valence-corrected chi connectivity index (χ2v) is 7.95. The van der Waals surface area contributed by atoms with Crippen molar-refractivity contribution in [3.8, 4) is 0 Å². The van der Waals surface area contributed by atoms with Crippen LogP contribution < -0.4 is 10.2 Å². The van der Waals surface area contributed by atoms with Gasteiger partial charge in [-0.05, 0) is 48.4 Å². The Bertz CT molecular complexity index is 850. The number of para-hydroxylation sites is 1. The first-order valence-electron chi connectivity index (χ1n) is 9.73. The maximum absolute atomic E-state index is 12.6. The van der Waals surface area contributed by atoms with Crippen LogP contribution in [0.4, 0.5) is 5.69 Å². The molecule has 1 amide bonds. The van der Waals surface area contributed by atoms with Gasteiger partial charge in [-0.3, -0.25) is 9.79 Å². The zero-order valence-electron chi connectivity index (χ0n) is 16.2. The molecule has 1 aromatic heterocycles. The second-order valence-electron chi connectivity index (χ2n) is 6.95. The maximum atomic E-state index is 12.6. The summed E-state index contributed by atoms with van der Waals surface area (Å²) in [6, 6.07) is 10.6. The number of rotatable bonds is 4. The number of nitrogens with one attached hydrogen (secondary N) is 1. The Kier molecular flexibility index (Phi) is 7.34. The van der Waals surface area contributed by atoms with E-state index in [0.29, 0.717) is 13.0 Å². The summed E-state index contributed by atoms with van der Waals surface area (Å²) < 4.78 is 0. The van der Waals surface area contributed by atoms with Gasteiger partial charge in [-0.15, -0.1) is 35.3 Å². The van der Waals surface area contributed by atoms with E-state index in [2.05, 4.69) is 52.9 Å². The molecule has 2 aromatic rings. The third kappa shape index (κ3) is 4.51. The van der Waals surface area contributed by atoms with Crippen molar-refractivity contribution in [2.24, 2.45) is 4.99 Å². The van der Waals surface area contributed by atoms with E-state index in [1.807, 2.05) is 4.90 Å². The average molecular weight is 510 g/mol. The van der Waals surface area contributed by atoms with Crippen LogP contribution in [0.2, 0.25) is 0 Å². The first-order valence-corrected chi connectivity index (χ1v) is 10.6. The summed E-state index contributed by atoms with van der Waals surface area (Å²) in [5, 5.41) is 5.51. The van der Waals surface area contributed by atoms with Gasteiger partial charge >= 0.3 is 0 Å². The molecular formula is C21H27IN4OS. The third-order valence-electron chi connectivity index (χ3n) is 5.23. The highest BCUT2D eigenvalue weighted by molar-refractivity contribution is 14.0. The number of hydrogen-bond acceptors (Lipinski definition) is 3. The first kappa shape index (κ1) is 21.1. The summed E-state index contributed by atoms with van der Waals surface area (Å²) in [6.07, 6.45) is 2.48. The van der Waals surface area contributed by atoms with Crippen LogP contribution in [0.1, 0.15) is 29.3 Å². The molecule has 0 fully saturated rings. The predicted octanol–water partition coefficient (Wildman–Crippen LogP) is 3.67. The van der Waals surface area contributed by atoms with Gasteiger partial charge in [-0.2, -0.15) is 0 Å². The number of nitrogens with zero attached hydrogens (tertiary/aromatic N) is 3. The Hall–Kier alpha value is -1.61. The molecule has 0 radical (unpaired) electrons. The van der Waals surface area contributed by atoms with Gasteiger partial charge in [0.05, 0.1) is 6.54 Å². The van der Waals surface area contributed by atoms with Crippen LogP contribution in [0, 0.1) is 0 Å². The number of amides is 1. The van der Waals surface area contributed by atoms with Crippen molar-refractivity contribution in [2.75, 3.05) is 31.1 Å². The molecular weight excluding hydrogens is 483 g/mol. The predicted molar refractivity (Wildman–Crippen MR) is 127 cm³/mol. The second kappa shape index (κ2) is 9.73. The van der Waals surface area contributed by atoms with Gasteiger partial charge < -0.3 is 15.1 Å². The number of fused-ring (bicyclic) bond motifs is 2. The van der Waals surface area contributed by atoms with E-state index in [-0.39, 0.29) is 29.9 Å². The minimum atomic E-state index is 0. The van der Waals surface area contributed by atoms with E-state index in [0.717, 1.165) is 45.0 Å². The molecule has 5 nitrogen and oxygen atoms in total. The van der Waals surface area contributed by atoms with E-state index >= 15 is 0 Å². The fourth-order valence-corrected chi connectivity index (χ4v) is 4.72. The Morgan fingerprint density at radius 2 is 2.04 bits per heavy atom. The van der Waals surface area contributed by atoms with Crippen LogP contribution in [0.25, 0.3) is 0 Å². The summed E-state index contributed by atoms with van der Waals surface area (Å²) in [7, 11) is 0. The van der Waals surface area contributed by atoms with E-state index < -0.39 is 0 Å². The summed E-state index contributed by atoms with van der Waals surface area (Å²) >= 11 is 1.80. The molecule has 1 aromatic carbocycles. The van der Waals surface area contributed by atoms with Crippen molar-refractivity contribution in [3.05, 3.63) is 51.7 Å². The molecule has 0 spiro atoms. The van der Waals surface area contributed by atoms with Crippen LogP contribution >= 0.6 is 35.3 Å². The molecule has 4 rings (SSSR count). The van der Waals surface area contributed by atoms with Crippen LogP contribution in [-0.2, 0) is 24.2 Å². The Labute approximate surface area is 187 Å². The smallest absolute Gasteiger partial charge is 0.224 e. The highest BCUT2D eigenvalue weighted by Gasteiger charge is 2.23. The van der Waals surface area contributed by atoms with Gasteiger partial charge in [-0.25, -0.2) is 0 Å². The minimum Gasteiger partial charge on any atom is -0.356 e. The number of carbonyl (C=O) groups is 1. The SMILES string of the molecule is CCNC(=NCCC(=O)N1CCc2sccc2C1)N1CCc2ccccc21.I. The van der Waals surface area contributed by atoms with Gasteiger partial charge in [0.15, 0.2) is 5.96 Å². The number of hydrogen-bond donors (Lipinski definition) is 1. The molecule has 0 aliphatic carbocycles. The van der Waals surface area contributed by atoms with E-state index in [1.54, 1.807) is 11.3 Å². The number of halogens is 1. The van der Waals surface area contributed by atoms with Crippen molar-refractivity contribution >= 4 is 52.9 Å². The molecule has 150 valence electrons. The lowest BCUT2D eigenvalue weighted by atomic mass is 10.1. The molecule has 28 heavy (non-hydrogen) atoms. The fraction of sp³-hybridized carbons (Fsp3) is 0.429. The summed E-state index contributed by atoms with van der Waals surface area (Å²) in [5.41, 5.74) is 3.90. The molecule has 0 unspecified atom stereocenters. The Morgan fingerprint density at radius 3 is 2.89 bits per heavy atom. The first-order chi connectivity index (χ1) is 13.3. The summed E-state index contributed by atoms with van der Waals surface area (Å²) in [4.78, 5) is 23.0. The standard InChI is InChI=1S/C21H26N4OS.HI/c1-2-22-21(25-13-8-16-5-3-4-6-18(16)25)23-11-7-20(26)24-12-9-19-17(15-24)10-14-27-19;/h3-6,10,14H,2,7-9,11-13,15H2,1H3,(H,22,23);1H. The highest BCUT2D eigenvalue weighted by atomic mass is 127. The maximum Gasteiger partial charge on any atom is 0.224 e. The number of carbonyl (C=O) groups excluding carboxylic acids is 1. The van der Waals surface area contributed by atoms with E-state index in [1.165, 1.54) is 21.7 Å². The number of benzene rings is 1. The molecule has 0 bridgehead atoms. The lowest BCUT2D eigenvalue weighted by Gasteiger charge is -2.27. The summed E-state index contributed by atoms with van der Waals surface area (Å²) in [6.45, 7) is 5.93. The van der Waals surface area contributed by atoms with Crippen LogP contribution in [0.3, 0.4) is 0 Å². The van der Waals surface area contributed by atoms with Crippen molar-refractivity contribution in [1.29, 1.82) is 0 Å². The molecule has 2 aliphatic heterocycles. The number of anilines is 1. The quantitative estimate of drug-likeness (QED) is 0.388. The average Bonchev–Trinajstić information content (AvgIpc) is 3.33. The Balaban J connectivity index is 0.00000225.